The van der Waals surface area contributed by atoms with Crippen molar-refractivity contribution in [2.45, 2.75) is 12.8 Å². The molecule has 15 heavy (non-hydrogen) atoms. The maximum Gasteiger partial charge on any atom is 0.231 e. The predicted molar refractivity (Wildman–Crippen MR) is 60.9 cm³/mol. The van der Waals surface area contributed by atoms with Gasteiger partial charge in [-0.3, -0.25) is 9.36 Å². The first kappa shape index (κ1) is 9.25. The number of rotatable bonds is 0. The molecule has 0 radical (unpaired) electrons. The van der Waals surface area contributed by atoms with Gasteiger partial charge in [-0.1, -0.05) is 23.2 Å². The van der Waals surface area contributed by atoms with Gasteiger partial charge in [0, 0.05) is 17.5 Å². The Kier molecular flexibility index (Phi) is 1.85. The summed E-state index contributed by atoms with van der Waals surface area (Å²) < 4.78 is 1.73. The van der Waals surface area contributed by atoms with Gasteiger partial charge in [-0.2, -0.15) is 0 Å². The molecule has 3 rings (SSSR count). The Balaban J connectivity index is 2.45. The van der Waals surface area contributed by atoms with Gasteiger partial charge in [0.25, 0.3) is 0 Å². The number of halogens is 2. The van der Waals surface area contributed by atoms with Gasteiger partial charge in [-0.15, -0.1) is 0 Å². The Morgan fingerprint density at radius 3 is 2.80 bits per heavy atom. The summed E-state index contributed by atoms with van der Waals surface area (Å²) in [5.41, 5.74) is 1.89. The van der Waals surface area contributed by atoms with E-state index in [2.05, 4.69) is 0 Å². The van der Waals surface area contributed by atoms with Crippen LogP contribution >= 0.6 is 23.2 Å². The van der Waals surface area contributed by atoms with Gasteiger partial charge in [0.15, 0.2) is 0 Å². The average molecular weight is 240 g/mol. The quantitative estimate of drug-likeness (QED) is 0.690. The van der Waals surface area contributed by atoms with Gasteiger partial charge in [-0.05, 0) is 24.6 Å². The van der Waals surface area contributed by atoms with Crippen LogP contribution in [0.2, 0.25) is 10.0 Å². The molecule has 0 atom stereocenters. The first-order valence-electron chi connectivity index (χ1n) is 4.70. The molecule has 1 aromatic carbocycles. The molecule has 0 amide bonds. The Hall–Kier alpha value is -0.990. The van der Waals surface area contributed by atoms with Crippen molar-refractivity contribution in [3.05, 3.63) is 33.9 Å². The lowest BCUT2D eigenvalue weighted by molar-refractivity contribution is 0.0928. The van der Waals surface area contributed by atoms with E-state index in [1.807, 2.05) is 12.1 Å². The Labute approximate surface area is 96.4 Å². The second-order valence-corrected chi connectivity index (χ2v) is 4.44. The van der Waals surface area contributed by atoms with Crippen LogP contribution in [0, 0.1) is 0 Å². The minimum atomic E-state index is 0.137. The molecule has 1 aliphatic heterocycles. The SMILES string of the molecule is O=C1CCc2cc3c(Cl)c(Cl)ccc3n21. The van der Waals surface area contributed by atoms with E-state index in [0.717, 1.165) is 23.0 Å². The first-order chi connectivity index (χ1) is 7.18. The largest absolute Gasteiger partial charge is 0.284 e. The number of aryl methyl sites for hydroxylation is 1. The fourth-order valence-electron chi connectivity index (χ4n) is 2.10. The maximum atomic E-state index is 11.6. The van der Waals surface area contributed by atoms with Crippen LogP contribution in [0.1, 0.15) is 16.9 Å². The molecule has 0 fully saturated rings. The van der Waals surface area contributed by atoms with Gasteiger partial charge < -0.3 is 0 Å². The van der Waals surface area contributed by atoms with E-state index < -0.39 is 0 Å². The zero-order chi connectivity index (χ0) is 10.6. The minimum Gasteiger partial charge on any atom is -0.284 e. The van der Waals surface area contributed by atoms with Crippen molar-refractivity contribution in [1.29, 1.82) is 0 Å². The monoisotopic (exact) mass is 239 g/mol. The summed E-state index contributed by atoms with van der Waals surface area (Å²) in [4.78, 5) is 11.6. The predicted octanol–water partition coefficient (Wildman–Crippen LogP) is 3.53. The number of benzene rings is 1. The molecule has 0 saturated carbocycles. The summed E-state index contributed by atoms with van der Waals surface area (Å²) in [5.74, 6) is 0.137. The van der Waals surface area contributed by atoms with Crippen LogP contribution in [-0.4, -0.2) is 10.5 Å². The van der Waals surface area contributed by atoms with Crippen LogP contribution < -0.4 is 0 Å². The average Bonchev–Trinajstić information content (AvgIpc) is 2.74. The molecule has 0 saturated heterocycles. The highest BCUT2D eigenvalue weighted by atomic mass is 35.5. The third kappa shape index (κ3) is 1.15. The summed E-state index contributed by atoms with van der Waals surface area (Å²) in [7, 11) is 0. The smallest absolute Gasteiger partial charge is 0.231 e. The van der Waals surface area contributed by atoms with Crippen LogP contribution in [0.25, 0.3) is 10.9 Å². The van der Waals surface area contributed by atoms with Crippen LogP contribution in [0.4, 0.5) is 0 Å². The van der Waals surface area contributed by atoms with Gasteiger partial charge in [0.1, 0.15) is 0 Å². The number of nitrogens with zero attached hydrogens (tertiary/aromatic N) is 1. The fraction of sp³-hybridized carbons (Fsp3) is 0.182. The molecule has 0 spiro atoms. The molecule has 1 aliphatic rings. The molecule has 0 N–H and O–H groups in total. The van der Waals surface area contributed by atoms with Crippen molar-refractivity contribution in [1.82, 2.24) is 4.57 Å². The third-order valence-corrected chi connectivity index (χ3v) is 3.61. The number of carbonyl (C=O) groups is 1. The third-order valence-electron chi connectivity index (χ3n) is 2.79. The summed E-state index contributed by atoms with van der Waals surface area (Å²) in [6.45, 7) is 0. The number of hydrogen-bond donors (Lipinski definition) is 0. The molecular weight excluding hydrogens is 233 g/mol. The van der Waals surface area contributed by atoms with Crippen molar-refractivity contribution in [2.75, 3.05) is 0 Å². The molecule has 4 heteroatoms. The molecule has 0 aliphatic carbocycles. The Morgan fingerprint density at radius 1 is 1.20 bits per heavy atom. The first-order valence-corrected chi connectivity index (χ1v) is 5.45. The highest BCUT2D eigenvalue weighted by molar-refractivity contribution is 6.45. The summed E-state index contributed by atoms with van der Waals surface area (Å²) in [6.07, 6.45) is 1.38. The molecule has 76 valence electrons. The fourth-order valence-corrected chi connectivity index (χ4v) is 2.48. The van der Waals surface area contributed by atoms with E-state index in [0.29, 0.717) is 16.5 Å². The number of carbonyl (C=O) groups excluding carboxylic acids is 1. The second kappa shape index (κ2) is 3.00. The van der Waals surface area contributed by atoms with Crippen molar-refractivity contribution < 1.29 is 4.79 Å². The van der Waals surface area contributed by atoms with Crippen LogP contribution in [0.3, 0.4) is 0 Å². The normalized spacial score (nSPS) is 14.9. The Morgan fingerprint density at radius 2 is 2.00 bits per heavy atom. The van der Waals surface area contributed by atoms with Gasteiger partial charge in [-0.25, -0.2) is 0 Å². The Bertz CT molecular complexity index is 586. The van der Waals surface area contributed by atoms with E-state index in [4.69, 9.17) is 23.2 Å². The van der Waals surface area contributed by atoms with Crippen molar-refractivity contribution in [2.24, 2.45) is 0 Å². The van der Waals surface area contributed by atoms with Crippen molar-refractivity contribution >= 4 is 40.0 Å². The standard InChI is InChI=1S/C11H7Cl2NO/c12-8-2-3-9-7(11(8)13)5-6-1-4-10(15)14(6)9/h2-3,5H,1,4H2. The zero-order valence-electron chi connectivity index (χ0n) is 7.76. The van der Waals surface area contributed by atoms with Gasteiger partial charge >= 0.3 is 0 Å². The molecular formula is C11H7Cl2NO. The topological polar surface area (TPSA) is 22.0 Å². The molecule has 0 bridgehead atoms. The maximum absolute atomic E-state index is 11.6. The molecule has 0 unspecified atom stereocenters. The van der Waals surface area contributed by atoms with E-state index in [9.17, 15) is 4.79 Å². The second-order valence-electron chi connectivity index (χ2n) is 3.66. The van der Waals surface area contributed by atoms with E-state index >= 15 is 0 Å². The number of aromatic nitrogens is 1. The summed E-state index contributed by atoms with van der Waals surface area (Å²) >= 11 is 12.0. The number of hydrogen-bond acceptors (Lipinski definition) is 1. The summed E-state index contributed by atoms with van der Waals surface area (Å²) in [5, 5.41) is 1.93. The van der Waals surface area contributed by atoms with Crippen LogP contribution in [0.15, 0.2) is 18.2 Å². The highest BCUT2D eigenvalue weighted by Gasteiger charge is 2.22. The lowest BCUT2D eigenvalue weighted by Crippen LogP contribution is -2.02. The van der Waals surface area contributed by atoms with Crippen molar-refractivity contribution in [3.8, 4) is 0 Å². The van der Waals surface area contributed by atoms with Gasteiger partial charge in [0.2, 0.25) is 5.91 Å². The lowest BCUT2D eigenvalue weighted by atomic mass is 10.2. The molecule has 2 aromatic rings. The summed E-state index contributed by atoms with van der Waals surface area (Å²) in [6, 6.07) is 5.52. The lowest BCUT2D eigenvalue weighted by Gasteiger charge is -2.00. The van der Waals surface area contributed by atoms with Crippen molar-refractivity contribution in [3.63, 3.8) is 0 Å². The van der Waals surface area contributed by atoms with E-state index in [1.54, 1.807) is 10.6 Å². The zero-order valence-corrected chi connectivity index (χ0v) is 9.27. The van der Waals surface area contributed by atoms with E-state index in [1.165, 1.54) is 0 Å². The minimum absolute atomic E-state index is 0.137. The molecule has 2 nitrogen and oxygen atoms in total. The highest BCUT2D eigenvalue weighted by Crippen LogP contribution is 2.34. The molecule has 1 aromatic heterocycles. The van der Waals surface area contributed by atoms with Crippen LogP contribution in [-0.2, 0) is 6.42 Å². The van der Waals surface area contributed by atoms with Crippen LogP contribution in [0.5, 0.6) is 0 Å². The number of fused-ring (bicyclic) bond motifs is 3. The molecule has 2 heterocycles. The van der Waals surface area contributed by atoms with E-state index in [-0.39, 0.29) is 5.91 Å². The van der Waals surface area contributed by atoms with Gasteiger partial charge in [0.05, 0.1) is 15.6 Å².